The van der Waals surface area contributed by atoms with Crippen molar-refractivity contribution < 1.29 is 4.79 Å². The van der Waals surface area contributed by atoms with Crippen molar-refractivity contribution in [1.29, 1.82) is 0 Å². The first-order chi connectivity index (χ1) is 11.3. The Morgan fingerprint density at radius 1 is 1.17 bits per heavy atom. The summed E-state index contributed by atoms with van der Waals surface area (Å²) >= 11 is 1.22. The van der Waals surface area contributed by atoms with Crippen LogP contribution in [0.25, 0.3) is 0 Å². The van der Waals surface area contributed by atoms with Crippen LogP contribution in [0.4, 0.5) is 10.6 Å². The molecule has 2 amide bonds. The van der Waals surface area contributed by atoms with Gasteiger partial charge in [-0.3, -0.25) is 0 Å². The Kier molecular flexibility index (Phi) is 5.42. The van der Waals surface area contributed by atoms with E-state index in [-0.39, 0.29) is 6.03 Å². The Morgan fingerprint density at radius 3 is 2.65 bits per heavy atom. The Labute approximate surface area is 140 Å². The predicted octanol–water partition coefficient (Wildman–Crippen LogP) is 2.00. The molecule has 0 unspecified atom stereocenters. The van der Waals surface area contributed by atoms with Gasteiger partial charge in [-0.1, -0.05) is 30.3 Å². The van der Waals surface area contributed by atoms with Gasteiger partial charge in [0.15, 0.2) is 5.82 Å². The van der Waals surface area contributed by atoms with E-state index in [0.717, 1.165) is 44.8 Å². The summed E-state index contributed by atoms with van der Waals surface area (Å²) in [5.74, 6) is 0.915. The van der Waals surface area contributed by atoms with E-state index in [1.165, 1.54) is 17.3 Å². The van der Waals surface area contributed by atoms with Gasteiger partial charge in [0, 0.05) is 32.7 Å². The van der Waals surface area contributed by atoms with Gasteiger partial charge in [0.05, 0.1) is 17.9 Å². The lowest BCUT2D eigenvalue weighted by Crippen LogP contribution is -2.52. The van der Waals surface area contributed by atoms with Crippen LogP contribution >= 0.6 is 11.7 Å². The van der Waals surface area contributed by atoms with Crippen LogP contribution in [0.2, 0.25) is 0 Å². The Hall–Kier alpha value is -2.15. The molecular weight excluding hydrogens is 310 g/mol. The smallest absolute Gasteiger partial charge is 0.317 e. The van der Waals surface area contributed by atoms with Gasteiger partial charge in [0.2, 0.25) is 0 Å². The second-order valence-electron chi connectivity index (χ2n) is 5.56. The quantitative estimate of drug-likeness (QED) is 0.851. The summed E-state index contributed by atoms with van der Waals surface area (Å²) in [5.41, 5.74) is 1.31. The second kappa shape index (κ2) is 7.92. The first-order valence-corrected chi connectivity index (χ1v) is 8.65. The van der Waals surface area contributed by atoms with Gasteiger partial charge in [0.25, 0.3) is 0 Å². The molecule has 122 valence electrons. The zero-order valence-electron chi connectivity index (χ0n) is 13.0. The molecule has 1 aliphatic rings. The van der Waals surface area contributed by atoms with Crippen LogP contribution in [-0.4, -0.2) is 52.4 Å². The largest absolute Gasteiger partial charge is 0.351 e. The Balaban J connectivity index is 1.35. The van der Waals surface area contributed by atoms with Crippen LogP contribution in [0.1, 0.15) is 12.0 Å². The zero-order chi connectivity index (χ0) is 15.9. The molecular formula is C16H21N5OS. The van der Waals surface area contributed by atoms with Gasteiger partial charge in [-0.15, -0.1) is 0 Å². The van der Waals surface area contributed by atoms with Crippen molar-refractivity contribution in [2.45, 2.75) is 12.8 Å². The van der Waals surface area contributed by atoms with Gasteiger partial charge < -0.3 is 15.1 Å². The van der Waals surface area contributed by atoms with Crippen molar-refractivity contribution >= 4 is 23.6 Å². The molecule has 1 fully saturated rings. The number of nitrogens with one attached hydrogen (secondary N) is 1. The lowest BCUT2D eigenvalue weighted by Gasteiger charge is -2.34. The molecule has 0 spiro atoms. The zero-order valence-corrected chi connectivity index (χ0v) is 13.8. The minimum absolute atomic E-state index is 0.0362. The summed E-state index contributed by atoms with van der Waals surface area (Å²) in [6.07, 6.45) is 3.73. The number of benzene rings is 1. The molecule has 2 aromatic rings. The highest BCUT2D eigenvalue weighted by Gasteiger charge is 2.21. The number of anilines is 1. The number of hydrogen-bond donors (Lipinski definition) is 1. The second-order valence-corrected chi connectivity index (χ2v) is 6.12. The fourth-order valence-electron chi connectivity index (χ4n) is 2.68. The average Bonchev–Trinajstić information content (AvgIpc) is 3.14. The minimum atomic E-state index is 0.0362. The molecule has 7 heteroatoms. The summed E-state index contributed by atoms with van der Waals surface area (Å²) < 4.78 is 8.26. The van der Waals surface area contributed by atoms with Crippen molar-refractivity contribution in [2.24, 2.45) is 0 Å². The molecule has 2 heterocycles. The van der Waals surface area contributed by atoms with E-state index >= 15 is 0 Å². The first kappa shape index (κ1) is 15.7. The van der Waals surface area contributed by atoms with Crippen LogP contribution in [0.3, 0.4) is 0 Å². The highest BCUT2D eigenvalue weighted by molar-refractivity contribution is 6.99. The maximum absolute atomic E-state index is 12.2. The van der Waals surface area contributed by atoms with E-state index in [1.807, 2.05) is 23.1 Å². The number of aryl methyl sites for hydroxylation is 1. The lowest BCUT2D eigenvalue weighted by atomic mass is 10.1. The molecule has 0 aliphatic carbocycles. The van der Waals surface area contributed by atoms with Gasteiger partial charge in [-0.25, -0.2) is 4.79 Å². The minimum Gasteiger partial charge on any atom is -0.351 e. The van der Waals surface area contributed by atoms with E-state index in [9.17, 15) is 4.79 Å². The number of carbonyl (C=O) groups excluding carboxylic acids is 1. The van der Waals surface area contributed by atoms with Crippen LogP contribution in [0.15, 0.2) is 36.5 Å². The van der Waals surface area contributed by atoms with Crippen LogP contribution < -0.4 is 10.2 Å². The molecule has 0 radical (unpaired) electrons. The molecule has 1 aliphatic heterocycles. The highest BCUT2D eigenvalue weighted by Crippen LogP contribution is 2.13. The molecule has 3 rings (SSSR count). The van der Waals surface area contributed by atoms with E-state index in [0.29, 0.717) is 6.54 Å². The summed E-state index contributed by atoms with van der Waals surface area (Å²) in [5, 5.41) is 3.01. The van der Waals surface area contributed by atoms with E-state index in [4.69, 9.17) is 0 Å². The third kappa shape index (κ3) is 4.41. The van der Waals surface area contributed by atoms with Crippen molar-refractivity contribution in [3.05, 3.63) is 42.1 Å². The first-order valence-electron chi connectivity index (χ1n) is 7.92. The molecule has 1 aromatic carbocycles. The SMILES string of the molecule is O=C(NCCCc1ccccc1)N1CCN(c2cnsn2)CC1. The summed E-state index contributed by atoms with van der Waals surface area (Å²) in [4.78, 5) is 16.2. The molecule has 1 N–H and O–H groups in total. The maximum atomic E-state index is 12.2. The fourth-order valence-corrected chi connectivity index (χ4v) is 3.12. The third-order valence-electron chi connectivity index (χ3n) is 4.00. The van der Waals surface area contributed by atoms with Crippen molar-refractivity contribution in [1.82, 2.24) is 19.0 Å². The van der Waals surface area contributed by atoms with Crippen LogP contribution in [-0.2, 0) is 6.42 Å². The van der Waals surface area contributed by atoms with Gasteiger partial charge in [-0.05, 0) is 18.4 Å². The van der Waals surface area contributed by atoms with E-state index < -0.39 is 0 Å². The number of rotatable bonds is 5. The van der Waals surface area contributed by atoms with Gasteiger partial charge in [-0.2, -0.15) is 8.75 Å². The number of urea groups is 1. The predicted molar refractivity (Wildman–Crippen MR) is 91.9 cm³/mol. The number of carbonyl (C=O) groups is 1. The molecule has 0 saturated carbocycles. The van der Waals surface area contributed by atoms with Crippen molar-refractivity contribution in [2.75, 3.05) is 37.6 Å². The Bertz CT molecular complexity index is 596. The maximum Gasteiger partial charge on any atom is 0.317 e. The molecule has 6 nitrogen and oxygen atoms in total. The fraction of sp³-hybridized carbons (Fsp3) is 0.438. The standard InChI is InChI=1S/C16H21N5OS/c22-16(17-8-4-7-14-5-2-1-3-6-14)21-11-9-20(10-12-21)15-13-18-23-19-15/h1-3,5-6,13H,4,7-12H2,(H,17,22). The topological polar surface area (TPSA) is 61.4 Å². The van der Waals surface area contributed by atoms with Crippen molar-refractivity contribution in [3.8, 4) is 0 Å². The molecule has 0 bridgehead atoms. The molecule has 23 heavy (non-hydrogen) atoms. The normalized spacial score (nSPS) is 14.8. The summed E-state index contributed by atoms with van der Waals surface area (Å²) in [7, 11) is 0. The van der Waals surface area contributed by atoms with E-state index in [1.54, 1.807) is 6.20 Å². The van der Waals surface area contributed by atoms with Crippen LogP contribution in [0.5, 0.6) is 0 Å². The highest BCUT2D eigenvalue weighted by atomic mass is 32.1. The lowest BCUT2D eigenvalue weighted by molar-refractivity contribution is 0.194. The monoisotopic (exact) mass is 331 g/mol. The number of aromatic nitrogens is 2. The summed E-state index contributed by atoms with van der Waals surface area (Å²) in [6.45, 7) is 3.78. The number of hydrogen-bond acceptors (Lipinski definition) is 5. The number of nitrogens with zero attached hydrogens (tertiary/aromatic N) is 4. The van der Waals surface area contributed by atoms with Crippen LogP contribution in [0, 0.1) is 0 Å². The van der Waals surface area contributed by atoms with Crippen molar-refractivity contribution in [3.63, 3.8) is 0 Å². The average molecular weight is 331 g/mol. The van der Waals surface area contributed by atoms with E-state index in [2.05, 4.69) is 31.1 Å². The van der Waals surface area contributed by atoms with Gasteiger partial charge in [0.1, 0.15) is 0 Å². The Morgan fingerprint density at radius 2 is 1.96 bits per heavy atom. The molecule has 0 atom stereocenters. The number of piperazine rings is 1. The summed E-state index contributed by atoms with van der Waals surface area (Å²) in [6, 6.07) is 10.4. The molecule has 1 saturated heterocycles. The van der Waals surface area contributed by atoms with Gasteiger partial charge >= 0.3 is 6.03 Å². The third-order valence-corrected chi connectivity index (χ3v) is 4.47. The number of amides is 2. The molecule has 1 aromatic heterocycles.